The summed E-state index contributed by atoms with van der Waals surface area (Å²) in [5.41, 5.74) is 0. The van der Waals surface area contributed by atoms with Crippen LogP contribution in [0.3, 0.4) is 0 Å². The van der Waals surface area contributed by atoms with E-state index < -0.39 is 0 Å². The van der Waals surface area contributed by atoms with E-state index in [1.165, 1.54) is 0 Å². The molecule has 2 unspecified atom stereocenters. The molecule has 0 fully saturated rings. The van der Waals surface area contributed by atoms with Gasteiger partial charge in [-0.1, -0.05) is 0 Å². The standard InChI is InChI=1S/C9H17N3O/c1-6(2)11-9(13)8(4)12-7(3)5-10/h6-8,12H,1-4H3,(H,11,13). The molecular formula is C9H17N3O. The van der Waals surface area contributed by atoms with Gasteiger partial charge in [-0.3, -0.25) is 10.1 Å². The fourth-order valence-corrected chi connectivity index (χ4v) is 0.897. The minimum atomic E-state index is -0.322. The van der Waals surface area contributed by atoms with Crippen molar-refractivity contribution in [2.45, 2.75) is 45.8 Å². The number of nitriles is 1. The Labute approximate surface area is 79.3 Å². The number of carbonyl (C=O) groups excluding carboxylic acids is 1. The van der Waals surface area contributed by atoms with Crippen LogP contribution < -0.4 is 10.6 Å². The predicted molar refractivity (Wildman–Crippen MR) is 51.0 cm³/mol. The van der Waals surface area contributed by atoms with E-state index >= 15 is 0 Å². The van der Waals surface area contributed by atoms with E-state index in [1.807, 2.05) is 19.9 Å². The number of amides is 1. The summed E-state index contributed by atoms with van der Waals surface area (Å²) in [7, 11) is 0. The normalized spacial score (nSPS) is 14.8. The highest BCUT2D eigenvalue weighted by atomic mass is 16.2. The fraction of sp³-hybridized carbons (Fsp3) is 0.778. The molecule has 0 aromatic heterocycles. The number of nitrogens with zero attached hydrogens (tertiary/aromatic N) is 1. The van der Waals surface area contributed by atoms with Gasteiger partial charge in [0.25, 0.3) is 0 Å². The molecule has 0 saturated heterocycles. The average molecular weight is 183 g/mol. The molecule has 0 radical (unpaired) electrons. The first-order chi connectivity index (χ1) is 5.97. The monoisotopic (exact) mass is 183 g/mol. The highest BCUT2D eigenvalue weighted by molar-refractivity contribution is 5.81. The quantitative estimate of drug-likeness (QED) is 0.663. The van der Waals surface area contributed by atoms with Crippen LogP contribution in [-0.2, 0) is 4.79 Å². The van der Waals surface area contributed by atoms with E-state index in [4.69, 9.17) is 5.26 Å². The predicted octanol–water partition coefficient (Wildman–Crippen LogP) is 0.401. The van der Waals surface area contributed by atoms with Crippen molar-refractivity contribution < 1.29 is 4.79 Å². The molecule has 2 N–H and O–H groups in total. The number of carbonyl (C=O) groups is 1. The molecule has 1 amide bonds. The Hall–Kier alpha value is -1.08. The lowest BCUT2D eigenvalue weighted by atomic mass is 10.2. The van der Waals surface area contributed by atoms with Crippen LogP contribution in [-0.4, -0.2) is 24.0 Å². The molecule has 13 heavy (non-hydrogen) atoms. The van der Waals surface area contributed by atoms with E-state index in [-0.39, 0.29) is 24.0 Å². The van der Waals surface area contributed by atoms with Crippen molar-refractivity contribution in [3.8, 4) is 6.07 Å². The van der Waals surface area contributed by atoms with E-state index in [9.17, 15) is 4.79 Å². The second kappa shape index (κ2) is 5.55. The molecule has 74 valence electrons. The van der Waals surface area contributed by atoms with Crippen LogP contribution in [0.5, 0.6) is 0 Å². The fourth-order valence-electron chi connectivity index (χ4n) is 0.897. The Morgan fingerprint density at radius 1 is 1.31 bits per heavy atom. The second-order valence-electron chi connectivity index (χ2n) is 3.40. The van der Waals surface area contributed by atoms with E-state index in [0.717, 1.165) is 0 Å². The molecule has 2 atom stereocenters. The zero-order chi connectivity index (χ0) is 10.4. The van der Waals surface area contributed by atoms with E-state index in [0.29, 0.717) is 0 Å². The Morgan fingerprint density at radius 2 is 1.85 bits per heavy atom. The van der Waals surface area contributed by atoms with Gasteiger partial charge in [-0.05, 0) is 27.7 Å². The molecule has 0 heterocycles. The third-order valence-electron chi connectivity index (χ3n) is 1.52. The van der Waals surface area contributed by atoms with Crippen LogP contribution in [0.25, 0.3) is 0 Å². The molecule has 0 aromatic carbocycles. The zero-order valence-corrected chi connectivity index (χ0v) is 8.59. The molecule has 4 nitrogen and oxygen atoms in total. The second-order valence-corrected chi connectivity index (χ2v) is 3.40. The minimum absolute atomic E-state index is 0.0721. The molecular weight excluding hydrogens is 166 g/mol. The van der Waals surface area contributed by atoms with Crippen LogP contribution in [0, 0.1) is 11.3 Å². The lowest BCUT2D eigenvalue weighted by Crippen LogP contribution is -2.47. The lowest BCUT2D eigenvalue weighted by molar-refractivity contribution is -0.123. The molecule has 0 bridgehead atoms. The summed E-state index contributed by atoms with van der Waals surface area (Å²) in [5, 5.41) is 14.1. The van der Waals surface area contributed by atoms with Crippen molar-refractivity contribution in [1.29, 1.82) is 5.26 Å². The summed E-state index contributed by atoms with van der Waals surface area (Å²) in [6.45, 7) is 7.27. The maximum atomic E-state index is 11.3. The summed E-state index contributed by atoms with van der Waals surface area (Å²) in [6.07, 6.45) is 0. The first-order valence-electron chi connectivity index (χ1n) is 4.43. The van der Waals surface area contributed by atoms with Gasteiger partial charge >= 0.3 is 0 Å². The molecule has 0 aliphatic heterocycles. The number of nitrogens with one attached hydrogen (secondary N) is 2. The van der Waals surface area contributed by atoms with Gasteiger partial charge in [0.15, 0.2) is 0 Å². The molecule has 0 aliphatic carbocycles. The Balaban J connectivity index is 3.91. The molecule has 0 rings (SSSR count). The first kappa shape index (κ1) is 11.9. The highest BCUT2D eigenvalue weighted by Gasteiger charge is 2.14. The van der Waals surface area contributed by atoms with Gasteiger partial charge in [0.2, 0.25) is 5.91 Å². The Morgan fingerprint density at radius 3 is 2.23 bits per heavy atom. The minimum Gasteiger partial charge on any atom is -0.353 e. The van der Waals surface area contributed by atoms with Gasteiger partial charge in [-0.2, -0.15) is 5.26 Å². The smallest absolute Gasteiger partial charge is 0.237 e. The summed E-state index contributed by atoms with van der Waals surface area (Å²) >= 11 is 0. The third kappa shape index (κ3) is 5.21. The Kier molecular flexibility index (Phi) is 5.09. The summed E-state index contributed by atoms with van der Waals surface area (Å²) in [4.78, 5) is 11.3. The van der Waals surface area contributed by atoms with Gasteiger partial charge in [0, 0.05) is 6.04 Å². The summed E-state index contributed by atoms with van der Waals surface area (Å²) in [5.74, 6) is -0.0721. The van der Waals surface area contributed by atoms with Crippen molar-refractivity contribution in [2.75, 3.05) is 0 Å². The van der Waals surface area contributed by atoms with Crippen molar-refractivity contribution in [2.24, 2.45) is 0 Å². The van der Waals surface area contributed by atoms with Crippen molar-refractivity contribution >= 4 is 5.91 Å². The van der Waals surface area contributed by atoms with Crippen molar-refractivity contribution in [3.05, 3.63) is 0 Å². The molecule has 4 heteroatoms. The molecule has 0 aliphatic rings. The van der Waals surface area contributed by atoms with Crippen LogP contribution in [0.4, 0.5) is 0 Å². The zero-order valence-electron chi connectivity index (χ0n) is 8.59. The molecule has 0 saturated carbocycles. The topological polar surface area (TPSA) is 64.9 Å². The average Bonchev–Trinajstić information content (AvgIpc) is 2.02. The van der Waals surface area contributed by atoms with Crippen LogP contribution in [0.1, 0.15) is 27.7 Å². The van der Waals surface area contributed by atoms with E-state index in [2.05, 4.69) is 10.6 Å². The maximum Gasteiger partial charge on any atom is 0.237 e. The van der Waals surface area contributed by atoms with Crippen molar-refractivity contribution in [3.63, 3.8) is 0 Å². The number of rotatable bonds is 4. The van der Waals surface area contributed by atoms with E-state index in [1.54, 1.807) is 13.8 Å². The largest absolute Gasteiger partial charge is 0.353 e. The van der Waals surface area contributed by atoms with Gasteiger partial charge in [-0.15, -0.1) is 0 Å². The van der Waals surface area contributed by atoms with Crippen LogP contribution in [0.15, 0.2) is 0 Å². The Bertz CT molecular complexity index is 207. The summed E-state index contributed by atoms with van der Waals surface area (Å²) < 4.78 is 0. The molecule has 0 spiro atoms. The van der Waals surface area contributed by atoms with Gasteiger partial charge in [-0.25, -0.2) is 0 Å². The summed E-state index contributed by atoms with van der Waals surface area (Å²) in [6, 6.07) is 1.53. The van der Waals surface area contributed by atoms with Gasteiger partial charge in [0.1, 0.15) is 0 Å². The van der Waals surface area contributed by atoms with Crippen LogP contribution >= 0.6 is 0 Å². The maximum absolute atomic E-state index is 11.3. The SMILES string of the molecule is CC(C)NC(=O)C(C)NC(C)C#N. The van der Waals surface area contributed by atoms with Gasteiger partial charge < -0.3 is 5.32 Å². The van der Waals surface area contributed by atoms with Crippen LogP contribution in [0.2, 0.25) is 0 Å². The number of hydrogen-bond donors (Lipinski definition) is 2. The lowest BCUT2D eigenvalue weighted by Gasteiger charge is -2.16. The van der Waals surface area contributed by atoms with Crippen molar-refractivity contribution in [1.82, 2.24) is 10.6 Å². The first-order valence-corrected chi connectivity index (χ1v) is 4.43. The third-order valence-corrected chi connectivity index (χ3v) is 1.52. The van der Waals surface area contributed by atoms with Gasteiger partial charge in [0.05, 0.1) is 18.2 Å². The number of hydrogen-bond acceptors (Lipinski definition) is 3. The highest BCUT2D eigenvalue weighted by Crippen LogP contribution is 1.88. The molecule has 0 aromatic rings.